The molecule has 1 heterocycles. The van der Waals surface area contributed by atoms with Gasteiger partial charge in [-0.05, 0) is 54.2 Å². The third kappa shape index (κ3) is 7.51. The largest absolute Gasteiger partial charge is 0.463 e. The van der Waals surface area contributed by atoms with Crippen LogP contribution in [0.15, 0.2) is 36.4 Å². The molecule has 0 saturated carbocycles. The Morgan fingerprint density at radius 3 is 2.00 bits per heavy atom. The molecule has 0 unspecified atom stereocenters. The number of hydrogen-bond acceptors (Lipinski definition) is 11. The lowest BCUT2D eigenvalue weighted by atomic mass is 9.84. The molecular formula is C31H35NO10. The summed E-state index contributed by atoms with van der Waals surface area (Å²) in [6, 6.07) is 13.1. The summed E-state index contributed by atoms with van der Waals surface area (Å²) < 4.78 is 27.5. The summed E-state index contributed by atoms with van der Waals surface area (Å²) in [5.74, 6) is -5.70. The van der Waals surface area contributed by atoms with Crippen LogP contribution in [0.5, 0.6) is 0 Å². The fraction of sp³-hybridized carbons (Fsp3) is 0.452. The van der Waals surface area contributed by atoms with E-state index in [9.17, 15) is 29.5 Å². The quantitative estimate of drug-likeness (QED) is 0.343. The first-order valence-corrected chi connectivity index (χ1v) is 13.5. The van der Waals surface area contributed by atoms with Gasteiger partial charge in [-0.25, -0.2) is 0 Å². The van der Waals surface area contributed by atoms with Gasteiger partial charge in [-0.2, -0.15) is 5.26 Å². The van der Waals surface area contributed by atoms with Gasteiger partial charge in [0.2, 0.25) is 11.9 Å². The monoisotopic (exact) mass is 581 g/mol. The molecule has 1 saturated heterocycles. The molecule has 0 aromatic heterocycles. The molecule has 0 spiro atoms. The molecule has 42 heavy (non-hydrogen) atoms. The lowest BCUT2D eigenvalue weighted by molar-refractivity contribution is -0.360. The van der Waals surface area contributed by atoms with Crippen LogP contribution in [0.4, 0.5) is 0 Å². The van der Waals surface area contributed by atoms with Crippen LogP contribution in [0, 0.1) is 18.3 Å². The second-order valence-corrected chi connectivity index (χ2v) is 10.1. The fourth-order valence-electron chi connectivity index (χ4n) is 4.91. The van der Waals surface area contributed by atoms with Gasteiger partial charge in [-0.15, -0.1) is 0 Å². The summed E-state index contributed by atoms with van der Waals surface area (Å²) >= 11 is 0. The Labute approximate surface area is 244 Å². The summed E-state index contributed by atoms with van der Waals surface area (Å²) in [6.07, 6.45) is -4.85. The minimum atomic E-state index is -2.53. The Kier molecular flexibility index (Phi) is 10.4. The molecule has 2 aromatic rings. The average molecular weight is 582 g/mol. The summed E-state index contributed by atoms with van der Waals surface area (Å²) in [6.45, 7) is 7.75. The first kappa shape index (κ1) is 32.2. The van der Waals surface area contributed by atoms with E-state index >= 15 is 0 Å². The van der Waals surface area contributed by atoms with E-state index in [1.54, 1.807) is 13.0 Å². The number of carbonyl (C=O) groups is 4. The Morgan fingerprint density at radius 2 is 1.48 bits per heavy atom. The van der Waals surface area contributed by atoms with Crippen LogP contribution in [0.25, 0.3) is 0 Å². The highest BCUT2D eigenvalue weighted by atomic mass is 16.7. The summed E-state index contributed by atoms with van der Waals surface area (Å²) in [7, 11) is 0. The number of esters is 4. The maximum absolute atomic E-state index is 12.3. The lowest BCUT2D eigenvalue weighted by Crippen LogP contribution is -2.66. The Bertz CT molecular complexity index is 1380. The van der Waals surface area contributed by atoms with Gasteiger partial charge in [0.05, 0.1) is 11.6 Å². The van der Waals surface area contributed by atoms with Crippen LogP contribution in [-0.4, -0.2) is 60.0 Å². The molecule has 2 aromatic carbocycles. The number of hydrogen-bond donors (Lipinski definition) is 1. The zero-order valence-corrected chi connectivity index (χ0v) is 24.5. The SMILES string of the molecule is CCc1ccc(Cc2cc([C@@]3(O)O[C@H](COC(C)=O)[C@@H](OC(C)=O)[C@H](OC(C)=O)[C@H]3OC(C)=O)cc(C#N)c2C)cc1. The Balaban J connectivity index is 2.22. The predicted molar refractivity (Wildman–Crippen MR) is 147 cm³/mol. The van der Waals surface area contributed by atoms with Crippen LogP contribution in [0.2, 0.25) is 0 Å². The molecule has 0 radical (unpaired) electrons. The second kappa shape index (κ2) is 13.6. The molecule has 224 valence electrons. The summed E-state index contributed by atoms with van der Waals surface area (Å²) in [5, 5.41) is 22.2. The van der Waals surface area contributed by atoms with Crippen LogP contribution >= 0.6 is 0 Å². The van der Waals surface area contributed by atoms with Gasteiger partial charge in [0.15, 0.2) is 12.2 Å². The zero-order valence-electron chi connectivity index (χ0n) is 24.5. The second-order valence-electron chi connectivity index (χ2n) is 10.1. The molecule has 11 nitrogen and oxygen atoms in total. The number of aryl methyl sites for hydroxylation is 1. The third-order valence-electron chi connectivity index (χ3n) is 6.93. The topological polar surface area (TPSA) is 158 Å². The van der Waals surface area contributed by atoms with Gasteiger partial charge in [0, 0.05) is 33.3 Å². The lowest BCUT2D eigenvalue weighted by Gasteiger charge is -2.48. The van der Waals surface area contributed by atoms with Gasteiger partial charge >= 0.3 is 23.9 Å². The van der Waals surface area contributed by atoms with E-state index in [0.717, 1.165) is 45.2 Å². The first-order valence-electron chi connectivity index (χ1n) is 13.5. The van der Waals surface area contributed by atoms with Crippen LogP contribution in [0.1, 0.15) is 68.0 Å². The highest BCUT2D eigenvalue weighted by molar-refractivity contribution is 5.69. The normalized spacial score (nSPS) is 23.3. The average Bonchev–Trinajstić information content (AvgIpc) is 2.92. The minimum absolute atomic E-state index is 0.0160. The van der Waals surface area contributed by atoms with E-state index in [4.69, 9.17) is 23.7 Å². The maximum atomic E-state index is 12.3. The number of nitriles is 1. The molecule has 0 bridgehead atoms. The smallest absolute Gasteiger partial charge is 0.303 e. The Morgan fingerprint density at radius 1 is 0.905 bits per heavy atom. The van der Waals surface area contributed by atoms with Gasteiger partial charge in [0.1, 0.15) is 12.7 Å². The van der Waals surface area contributed by atoms with E-state index in [2.05, 4.69) is 13.0 Å². The highest BCUT2D eigenvalue weighted by Crippen LogP contribution is 2.42. The van der Waals surface area contributed by atoms with Crippen molar-refractivity contribution in [2.75, 3.05) is 6.61 Å². The number of benzene rings is 2. The molecule has 1 N–H and O–H groups in total. The molecular weight excluding hydrogens is 546 g/mol. The molecule has 1 aliphatic heterocycles. The van der Waals surface area contributed by atoms with E-state index in [1.165, 1.54) is 6.07 Å². The Hall–Kier alpha value is -4.27. The standard InChI is InChI=1S/C31H35NO10/c1-7-22-8-10-23(11-9-22)12-24-13-26(14-25(15-32)17(24)2)31(37)30(41-21(6)36)29(40-20(5)35)28(39-19(4)34)27(42-31)16-38-18(3)33/h8-11,13-14,27-30,37H,7,12,16H2,1-6H3/t27-,28-,29+,30-,31-/m1/s1. The van der Waals surface area contributed by atoms with Gasteiger partial charge in [-0.3, -0.25) is 19.2 Å². The van der Waals surface area contributed by atoms with Gasteiger partial charge in [-0.1, -0.05) is 31.2 Å². The van der Waals surface area contributed by atoms with E-state index < -0.39 is 60.7 Å². The number of rotatable bonds is 9. The van der Waals surface area contributed by atoms with Crippen molar-refractivity contribution < 1.29 is 48.0 Å². The van der Waals surface area contributed by atoms with E-state index in [-0.39, 0.29) is 11.1 Å². The van der Waals surface area contributed by atoms with Crippen LogP contribution < -0.4 is 0 Å². The fourth-order valence-corrected chi connectivity index (χ4v) is 4.91. The molecule has 11 heteroatoms. The first-order chi connectivity index (χ1) is 19.8. The van der Waals surface area contributed by atoms with Crippen molar-refractivity contribution in [1.29, 1.82) is 5.26 Å². The van der Waals surface area contributed by atoms with Crippen molar-refractivity contribution in [2.45, 2.75) is 84.6 Å². The molecule has 1 aliphatic rings. The zero-order chi connectivity index (χ0) is 31.2. The molecule has 0 aliphatic carbocycles. The van der Waals surface area contributed by atoms with Crippen LogP contribution in [0.3, 0.4) is 0 Å². The van der Waals surface area contributed by atoms with Crippen molar-refractivity contribution in [3.63, 3.8) is 0 Å². The summed E-state index contributed by atoms with van der Waals surface area (Å²) in [5.41, 5.74) is 3.68. The van der Waals surface area contributed by atoms with Gasteiger partial charge < -0.3 is 28.8 Å². The van der Waals surface area contributed by atoms with E-state index in [0.29, 0.717) is 17.5 Å². The summed E-state index contributed by atoms with van der Waals surface area (Å²) in [4.78, 5) is 48.1. The van der Waals surface area contributed by atoms with Crippen molar-refractivity contribution in [1.82, 2.24) is 0 Å². The van der Waals surface area contributed by atoms with Crippen molar-refractivity contribution in [2.24, 2.45) is 0 Å². The molecule has 5 atom stereocenters. The van der Waals surface area contributed by atoms with E-state index in [1.807, 2.05) is 24.3 Å². The van der Waals surface area contributed by atoms with Crippen molar-refractivity contribution >= 4 is 23.9 Å². The van der Waals surface area contributed by atoms with Crippen molar-refractivity contribution in [3.05, 3.63) is 69.8 Å². The molecule has 1 fully saturated rings. The predicted octanol–water partition coefficient (Wildman–Crippen LogP) is 2.92. The maximum Gasteiger partial charge on any atom is 0.303 e. The van der Waals surface area contributed by atoms with Crippen molar-refractivity contribution in [3.8, 4) is 6.07 Å². The van der Waals surface area contributed by atoms with Crippen LogP contribution in [-0.2, 0) is 61.5 Å². The third-order valence-corrected chi connectivity index (χ3v) is 6.93. The minimum Gasteiger partial charge on any atom is -0.463 e. The number of nitrogens with zero attached hydrogens (tertiary/aromatic N) is 1. The van der Waals surface area contributed by atoms with Gasteiger partial charge in [0.25, 0.3) is 0 Å². The highest BCUT2D eigenvalue weighted by Gasteiger charge is 2.60. The number of carbonyl (C=O) groups excluding carboxylic acids is 4. The molecule has 3 rings (SSSR count). The number of ether oxygens (including phenoxy) is 5. The number of aliphatic hydroxyl groups is 1. The molecule has 0 amide bonds.